The SMILES string of the molecule is Cc1cc(Sc2c(C)cccc2CN)n(C)n1. The van der Waals surface area contributed by atoms with Crippen molar-refractivity contribution in [3.8, 4) is 0 Å². The van der Waals surface area contributed by atoms with Crippen LogP contribution >= 0.6 is 11.8 Å². The van der Waals surface area contributed by atoms with Crippen molar-refractivity contribution in [3.63, 3.8) is 0 Å². The summed E-state index contributed by atoms with van der Waals surface area (Å²) in [4.78, 5) is 1.25. The summed E-state index contributed by atoms with van der Waals surface area (Å²) in [5.41, 5.74) is 9.27. The molecule has 2 aromatic rings. The highest BCUT2D eigenvalue weighted by Crippen LogP contribution is 2.33. The second kappa shape index (κ2) is 4.94. The Balaban J connectivity index is 2.39. The van der Waals surface area contributed by atoms with E-state index in [1.807, 2.05) is 18.7 Å². The predicted molar refractivity (Wildman–Crippen MR) is 71.1 cm³/mol. The number of nitrogens with two attached hydrogens (primary N) is 1. The molecule has 1 aromatic carbocycles. The van der Waals surface area contributed by atoms with Crippen LogP contribution in [0.3, 0.4) is 0 Å². The Labute approximate surface area is 106 Å². The summed E-state index contributed by atoms with van der Waals surface area (Å²) in [5, 5.41) is 5.50. The Bertz CT molecular complexity index is 531. The van der Waals surface area contributed by atoms with Gasteiger partial charge in [-0.25, -0.2) is 0 Å². The molecule has 0 spiro atoms. The quantitative estimate of drug-likeness (QED) is 0.906. The first-order chi connectivity index (χ1) is 8.11. The summed E-state index contributed by atoms with van der Waals surface area (Å²) in [6.45, 7) is 4.69. The van der Waals surface area contributed by atoms with Crippen molar-refractivity contribution in [2.75, 3.05) is 0 Å². The van der Waals surface area contributed by atoms with Gasteiger partial charge in [-0.15, -0.1) is 0 Å². The Morgan fingerprint density at radius 3 is 2.71 bits per heavy atom. The Kier molecular flexibility index (Phi) is 3.54. The molecule has 90 valence electrons. The third kappa shape index (κ3) is 2.53. The lowest BCUT2D eigenvalue weighted by Gasteiger charge is -2.10. The van der Waals surface area contributed by atoms with Gasteiger partial charge in [-0.1, -0.05) is 30.0 Å². The van der Waals surface area contributed by atoms with E-state index in [2.05, 4.69) is 36.3 Å². The number of nitrogens with zero attached hydrogens (tertiary/aromatic N) is 2. The Hall–Kier alpha value is -1.26. The zero-order valence-corrected chi connectivity index (χ0v) is 11.2. The van der Waals surface area contributed by atoms with E-state index >= 15 is 0 Å². The van der Waals surface area contributed by atoms with Crippen molar-refractivity contribution >= 4 is 11.8 Å². The van der Waals surface area contributed by atoms with E-state index in [9.17, 15) is 0 Å². The van der Waals surface area contributed by atoms with Gasteiger partial charge in [-0.3, -0.25) is 4.68 Å². The van der Waals surface area contributed by atoms with Crippen LogP contribution in [0.25, 0.3) is 0 Å². The van der Waals surface area contributed by atoms with Crippen LogP contribution in [-0.4, -0.2) is 9.78 Å². The zero-order valence-electron chi connectivity index (χ0n) is 10.4. The lowest BCUT2D eigenvalue weighted by Crippen LogP contribution is -2.00. The maximum absolute atomic E-state index is 5.78. The van der Waals surface area contributed by atoms with E-state index in [-0.39, 0.29) is 0 Å². The topological polar surface area (TPSA) is 43.8 Å². The highest BCUT2D eigenvalue weighted by Gasteiger charge is 2.09. The number of hydrogen-bond acceptors (Lipinski definition) is 3. The van der Waals surface area contributed by atoms with Gasteiger partial charge >= 0.3 is 0 Å². The molecule has 0 saturated carbocycles. The van der Waals surface area contributed by atoms with Crippen LogP contribution in [0, 0.1) is 13.8 Å². The largest absolute Gasteiger partial charge is 0.326 e. The van der Waals surface area contributed by atoms with E-state index in [0.29, 0.717) is 6.54 Å². The zero-order chi connectivity index (χ0) is 12.4. The maximum Gasteiger partial charge on any atom is 0.0987 e. The van der Waals surface area contributed by atoms with Crippen LogP contribution in [0.15, 0.2) is 34.2 Å². The molecule has 0 aliphatic rings. The molecule has 0 unspecified atom stereocenters. The maximum atomic E-state index is 5.78. The highest BCUT2D eigenvalue weighted by atomic mass is 32.2. The van der Waals surface area contributed by atoms with Gasteiger partial charge in [-0.05, 0) is 31.0 Å². The number of rotatable bonds is 3. The van der Waals surface area contributed by atoms with Crippen LogP contribution in [-0.2, 0) is 13.6 Å². The summed E-state index contributed by atoms with van der Waals surface area (Å²) in [7, 11) is 1.97. The molecule has 0 fully saturated rings. The van der Waals surface area contributed by atoms with Gasteiger partial charge in [0, 0.05) is 18.5 Å². The fourth-order valence-corrected chi connectivity index (χ4v) is 2.93. The van der Waals surface area contributed by atoms with Gasteiger partial charge in [-0.2, -0.15) is 5.10 Å². The molecule has 0 amide bonds. The fourth-order valence-electron chi connectivity index (χ4n) is 1.81. The van der Waals surface area contributed by atoms with Crippen molar-refractivity contribution in [2.45, 2.75) is 30.3 Å². The molecule has 4 heteroatoms. The second-order valence-electron chi connectivity index (χ2n) is 4.12. The van der Waals surface area contributed by atoms with E-state index in [0.717, 1.165) is 10.7 Å². The van der Waals surface area contributed by atoms with Gasteiger partial charge in [0.15, 0.2) is 0 Å². The van der Waals surface area contributed by atoms with Crippen molar-refractivity contribution in [1.82, 2.24) is 9.78 Å². The van der Waals surface area contributed by atoms with Crippen LogP contribution in [0.2, 0.25) is 0 Å². The molecule has 1 heterocycles. The van der Waals surface area contributed by atoms with Crippen molar-refractivity contribution in [3.05, 3.63) is 41.1 Å². The molecule has 0 atom stereocenters. The van der Waals surface area contributed by atoms with Crippen LogP contribution in [0.1, 0.15) is 16.8 Å². The van der Waals surface area contributed by atoms with E-state index in [1.165, 1.54) is 16.0 Å². The van der Waals surface area contributed by atoms with Crippen molar-refractivity contribution in [2.24, 2.45) is 12.8 Å². The van der Waals surface area contributed by atoms with Crippen LogP contribution in [0.4, 0.5) is 0 Å². The third-order valence-corrected chi connectivity index (χ3v) is 4.06. The van der Waals surface area contributed by atoms with Gasteiger partial charge in [0.1, 0.15) is 0 Å². The molecular weight excluding hydrogens is 230 g/mol. The lowest BCUT2D eigenvalue weighted by molar-refractivity contribution is 0.692. The van der Waals surface area contributed by atoms with Crippen molar-refractivity contribution < 1.29 is 0 Å². The standard InChI is InChI=1S/C13H17N3S/c1-9-5-4-6-11(8-14)13(9)17-12-7-10(2)15-16(12)3/h4-7H,8,14H2,1-3H3. The number of aromatic nitrogens is 2. The van der Waals surface area contributed by atoms with E-state index < -0.39 is 0 Å². The smallest absolute Gasteiger partial charge is 0.0987 e. The molecule has 0 aliphatic heterocycles. The molecule has 3 nitrogen and oxygen atoms in total. The molecule has 0 bridgehead atoms. The molecule has 0 aliphatic carbocycles. The number of aryl methyl sites for hydroxylation is 3. The first-order valence-corrected chi connectivity index (χ1v) is 6.40. The average Bonchev–Trinajstić information content (AvgIpc) is 2.60. The number of benzene rings is 1. The van der Waals surface area contributed by atoms with E-state index in [4.69, 9.17) is 5.73 Å². The summed E-state index contributed by atoms with van der Waals surface area (Å²) in [5.74, 6) is 0. The molecule has 17 heavy (non-hydrogen) atoms. The number of hydrogen-bond donors (Lipinski definition) is 1. The van der Waals surface area contributed by atoms with E-state index in [1.54, 1.807) is 11.8 Å². The molecule has 0 radical (unpaired) electrons. The highest BCUT2D eigenvalue weighted by molar-refractivity contribution is 7.99. The Morgan fingerprint density at radius 1 is 1.35 bits per heavy atom. The third-order valence-electron chi connectivity index (χ3n) is 2.68. The second-order valence-corrected chi connectivity index (χ2v) is 5.15. The Morgan fingerprint density at radius 2 is 2.12 bits per heavy atom. The van der Waals surface area contributed by atoms with Crippen LogP contribution in [0.5, 0.6) is 0 Å². The minimum atomic E-state index is 0.570. The fraction of sp³-hybridized carbons (Fsp3) is 0.308. The molecule has 2 N–H and O–H groups in total. The minimum Gasteiger partial charge on any atom is -0.326 e. The van der Waals surface area contributed by atoms with Gasteiger partial charge in [0.25, 0.3) is 0 Å². The summed E-state index contributed by atoms with van der Waals surface area (Å²) >= 11 is 1.73. The van der Waals surface area contributed by atoms with Crippen molar-refractivity contribution in [1.29, 1.82) is 0 Å². The normalized spacial score (nSPS) is 10.8. The lowest BCUT2D eigenvalue weighted by atomic mass is 10.1. The summed E-state index contributed by atoms with van der Waals surface area (Å²) < 4.78 is 1.91. The molecule has 0 saturated heterocycles. The monoisotopic (exact) mass is 247 g/mol. The molecular formula is C13H17N3S. The van der Waals surface area contributed by atoms with Gasteiger partial charge in [0.2, 0.25) is 0 Å². The summed E-state index contributed by atoms with van der Waals surface area (Å²) in [6.07, 6.45) is 0. The minimum absolute atomic E-state index is 0.570. The van der Waals surface area contributed by atoms with Gasteiger partial charge < -0.3 is 5.73 Å². The average molecular weight is 247 g/mol. The molecule has 2 rings (SSSR count). The van der Waals surface area contributed by atoms with Crippen LogP contribution < -0.4 is 5.73 Å². The first-order valence-electron chi connectivity index (χ1n) is 5.59. The first kappa shape index (κ1) is 12.2. The summed E-state index contributed by atoms with van der Waals surface area (Å²) in [6, 6.07) is 8.34. The van der Waals surface area contributed by atoms with Gasteiger partial charge in [0.05, 0.1) is 10.7 Å². The molecule has 1 aromatic heterocycles. The predicted octanol–water partition coefficient (Wildman–Crippen LogP) is 2.65.